The van der Waals surface area contributed by atoms with Crippen LogP contribution in [0.4, 0.5) is 32.0 Å². The number of benzene rings is 2. The minimum atomic E-state index is -4.59. The van der Waals surface area contributed by atoms with E-state index in [1.165, 1.54) is 18.2 Å². The highest BCUT2D eigenvalue weighted by molar-refractivity contribution is 5.77. The molecule has 0 radical (unpaired) electrons. The Bertz CT molecular complexity index is 951. The zero-order valence-corrected chi connectivity index (χ0v) is 17.9. The second-order valence-electron chi connectivity index (χ2n) is 7.94. The van der Waals surface area contributed by atoms with E-state index in [1.54, 1.807) is 13.0 Å². The van der Waals surface area contributed by atoms with Gasteiger partial charge < -0.3 is 15.0 Å². The molecule has 1 fully saturated rings. The van der Waals surface area contributed by atoms with E-state index in [2.05, 4.69) is 5.32 Å². The minimum Gasteiger partial charge on any atom is -0.378 e. The summed E-state index contributed by atoms with van der Waals surface area (Å²) in [4.78, 5) is 14.1. The Morgan fingerprint density at radius 3 is 2.21 bits per heavy atom. The zero-order chi connectivity index (χ0) is 24.2. The molecule has 0 bridgehead atoms. The van der Waals surface area contributed by atoms with E-state index in [0.717, 1.165) is 18.2 Å². The molecule has 33 heavy (non-hydrogen) atoms. The molecule has 1 amide bonds. The van der Waals surface area contributed by atoms with Crippen LogP contribution in [0.1, 0.15) is 41.5 Å². The van der Waals surface area contributed by atoms with Gasteiger partial charge in [-0.05, 0) is 41.3 Å². The van der Waals surface area contributed by atoms with Crippen LogP contribution < -0.4 is 10.2 Å². The minimum absolute atomic E-state index is 0.0601. The first kappa shape index (κ1) is 24.9. The molecule has 10 heteroatoms. The monoisotopic (exact) mass is 474 g/mol. The predicted octanol–water partition coefficient (Wildman–Crippen LogP) is 5.37. The molecule has 4 nitrogen and oxygen atoms in total. The number of hydrogen-bond acceptors (Lipinski definition) is 3. The molecular formula is C23H24F6N2O2. The van der Waals surface area contributed by atoms with Crippen molar-refractivity contribution in [2.75, 3.05) is 31.2 Å². The third-order valence-corrected chi connectivity index (χ3v) is 5.55. The molecule has 0 saturated carbocycles. The van der Waals surface area contributed by atoms with Gasteiger partial charge in [-0.2, -0.15) is 26.3 Å². The fraction of sp³-hybridized carbons (Fsp3) is 0.435. The maximum atomic E-state index is 13.6. The molecule has 0 aliphatic carbocycles. The van der Waals surface area contributed by atoms with Crippen LogP contribution in [0.3, 0.4) is 0 Å². The number of anilines is 1. The molecule has 2 aromatic rings. The molecule has 1 heterocycles. The van der Waals surface area contributed by atoms with Gasteiger partial charge in [0.2, 0.25) is 5.91 Å². The van der Waals surface area contributed by atoms with Crippen molar-refractivity contribution in [3.05, 3.63) is 64.7 Å². The molecule has 1 unspecified atom stereocenters. The van der Waals surface area contributed by atoms with Gasteiger partial charge in [0.05, 0.1) is 24.3 Å². The van der Waals surface area contributed by atoms with Crippen LogP contribution in [0.15, 0.2) is 42.5 Å². The van der Waals surface area contributed by atoms with Gasteiger partial charge in [0.25, 0.3) is 0 Å². The van der Waals surface area contributed by atoms with Crippen LogP contribution in [-0.2, 0) is 28.4 Å². The number of carbonyl (C=O) groups excluding carboxylic acids is 1. The summed E-state index contributed by atoms with van der Waals surface area (Å²) >= 11 is 0. The molecule has 3 rings (SSSR count). The lowest BCUT2D eigenvalue weighted by atomic mass is 9.96. The van der Waals surface area contributed by atoms with Crippen molar-refractivity contribution in [3.8, 4) is 0 Å². The van der Waals surface area contributed by atoms with Crippen LogP contribution in [0, 0.1) is 0 Å². The molecule has 0 spiro atoms. The normalized spacial score (nSPS) is 15.9. The average molecular weight is 474 g/mol. The first-order valence-electron chi connectivity index (χ1n) is 10.4. The van der Waals surface area contributed by atoms with E-state index in [-0.39, 0.29) is 18.5 Å². The van der Waals surface area contributed by atoms with Crippen molar-refractivity contribution in [2.45, 2.75) is 38.2 Å². The van der Waals surface area contributed by atoms with Gasteiger partial charge in [-0.1, -0.05) is 25.1 Å². The summed E-state index contributed by atoms with van der Waals surface area (Å²) in [5, 5.41) is 2.49. The SMILES string of the molecule is CC(CC(=O)NCc1ccc(N2CCOCC2)cc1C(F)(F)F)c1ccc(C(F)(F)F)cc1. The summed E-state index contributed by atoms with van der Waals surface area (Å²) in [5.41, 5.74) is -0.693. The molecule has 1 N–H and O–H groups in total. The summed E-state index contributed by atoms with van der Waals surface area (Å²) in [5.74, 6) is -0.897. The largest absolute Gasteiger partial charge is 0.416 e. The Morgan fingerprint density at radius 2 is 1.64 bits per heavy atom. The van der Waals surface area contributed by atoms with E-state index in [1.807, 2.05) is 4.90 Å². The summed E-state index contributed by atoms with van der Waals surface area (Å²) in [6, 6.07) is 8.50. The Kier molecular flexibility index (Phi) is 7.56. The number of amides is 1. The molecule has 1 saturated heterocycles. The quantitative estimate of drug-likeness (QED) is 0.573. The molecule has 180 valence electrons. The highest BCUT2D eigenvalue weighted by Gasteiger charge is 2.34. The number of nitrogens with one attached hydrogen (secondary N) is 1. The van der Waals surface area contributed by atoms with Crippen LogP contribution in [-0.4, -0.2) is 32.2 Å². The Morgan fingerprint density at radius 1 is 1.00 bits per heavy atom. The van der Waals surface area contributed by atoms with Crippen LogP contribution >= 0.6 is 0 Å². The van der Waals surface area contributed by atoms with E-state index in [9.17, 15) is 31.1 Å². The van der Waals surface area contributed by atoms with Crippen molar-refractivity contribution < 1.29 is 35.9 Å². The van der Waals surface area contributed by atoms with E-state index in [0.29, 0.717) is 37.6 Å². The highest BCUT2D eigenvalue weighted by atomic mass is 19.4. The van der Waals surface area contributed by atoms with Crippen molar-refractivity contribution in [2.24, 2.45) is 0 Å². The Labute approximate surface area is 187 Å². The summed E-state index contributed by atoms with van der Waals surface area (Å²) in [7, 11) is 0. The maximum Gasteiger partial charge on any atom is 0.416 e. The first-order chi connectivity index (χ1) is 15.4. The second-order valence-corrected chi connectivity index (χ2v) is 7.94. The third kappa shape index (κ3) is 6.63. The fourth-order valence-corrected chi connectivity index (χ4v) is 3.66. The number of ether oxygens (including phenoxy) is 1. The van der Waals surface area contributed by atoms with Crippen molar-refractivity contribution in [3.63, 3.8) is 0 Å². The van der Waals surface area contributed by atoms with Crippen molar-refractivity contribution >= 4 is 11.6 Å². The highest BCUT2D eigenvalue weighted by Crippen LogP contribution is 2.35. The standard InChI is InChI=1S/C23H24F6N2O2/c1-15(16-2-5-18(6-3-16)22(24,25)26)12-21(32)30-14-17-4-7-19(13-20(17)23(27,28)29)31-8-10-33-11-9-31/h2-7,13,15H,8-12,14H2,1H3,(H,30,32). The summed E-state index contributed by atoms with van der Waals surface area (Å²) < 4.78 is 84.2. The maximum absolute atomic E-state index is 13.6. The Hall–Kier alpha value is -2.75. The van der Waals surface area contributed by atoms with Gasteiger partial charge in [-0.15, -0.1) is 0 Å². The average Bonchev–Trinajstić information content (AvgIpc) is 2.77. The summed E-state index contributed by atoms with van der Waals surface area (Å²) in [6.45, 7) is 3.23. The van der Waals surface area contributed by atoms with Crippen molar-refractivity contribution in [1.82, 2.24) is 5.32 Å². The molecular weight excluding hydrogens is 450 g/mol. The molecule has 1 aliphatic heterocycles. The van der Waals surface area contributed by atoms with Gasteiger partial charge in [0, 0.05) is 31.7 Å². The van der Waals surface area contributed by atoms with Gasteiger partial charge in [0.15, 0.2) is 0 Å². The number of hydrogen-bond donors (Lipinski definition) is 1. The van der Waals surface area contributed by atoms with E-state index >= 15 is 0 Å². The lowest BCUT2D eigenvalue weighted by Gasteiger charge is -2.29. The van der Waals surface area contributed by atoms with Crippen LogP contribution in [0.2, 0.25) is 0 Å². The first-order valence-corrected chi connectivity index (χ1v) is 10.4. The lowest BCUT2D eigenvalue weighted by molar-refractivity contribution is -0.138. The number of nitrogens with zero attached hydrogens (tertiary/aromatic N) is 1. The third-order valence-electron chi connectivity index (χ3n) is 5.55. The number of alkyl halides is 6. The lowest BCUT2D eigenvalue weighted by Crippen LogP contribution is -2.36. The van der Waals surface area contributed by atoms with Crippen LogP contribution in [0.5, 0.6) is 0 Å². The molecule has 1 aliphatic rings. The Balaban J connectivity index is 1.64. The number of carbonyl (C=O) groups is 1. The topological polar surface area (TPSA) is 41.6 Å². The number of morpholine rings is 1. The van der Waals surface area contributed by atoms with Gasteiger partial charge in [0.1, 0.15) is 0 Å². The van der Waals surface area contributed by atoms with Gasteiger partial charge >= 0.3 is 12.4 Å². The van der Waals surface area contributed by atoms with Gasteiger partial charge in [-0.3, -0.25) is 4.79 Å². The second kappa shape index (κ2) is 10.0. The zero-order valence-electron chi connectivity index (χ0n) is 17.9. The van der Waals surface area contributed by atoms with Crippen molar-refractivity contribution in [1.29, 1.82) is 0 Å². The predicted molar refractivity (Wildman–Crippen MR) is 111 cm³/mol. The smallest absolute Gasteiger partial charge is 0.378 e. The van der Waals surface area contributed by atoms with E-state index < -0.39 is 35.3 Å². The van der Waals surface area contributed by atoms with Crippen LogP contribution in [0.25, 0.3) is 0 Å². The van der Waals surface area contributed by atoms with Gasteiger partial charge in [-0.25, -0.2) is 0 Å². The van der Waals surface area contributed by atoms with E-state index in [4.69, 9.17) is 4.74 Å². The molecule has 1 atom stereocenters. The summed E-state index contributed by atoms with van der Waals surface area (Å²) in [6.07, 6.45) is -9.11. The number of rotatable bonds is 6. The molecule has 0 aromatic heterocycles. The number of halogens is 6. The molecule has 2 aromatic carbocycles. The fourth-order valence-electron chi connectivity index (χ4n) is 3.66.